The smallest absolute Gasteiger partial charge is 0.416 e. The van der Waals surface area contributed by atoms with Crippen LogP contribution in [0.2, 0.25) is 0 Å². The molecule has 0 aliphatic rings. The van der Waals surface area contributed by atoms with Crippen LogP contribution in [0.15, 0.2) is 56.7 Å². The van der Waals surface area contributed by atoms with Crippen molar-refractivity contribution < 1.29 is 36.3 Å². The zero-order valence-electron chi connectivity index (χ0n) is 16.1. The predicted molar refractivity (Wildman–Crippen MR) is 103 cm³/mol. The van der Waals surface area contributed by atoms with E-state index in [1.54, 1.807) is 19.1 Å². The second-order valence-corrected chi connectivity index (χ2v) is 6.90. The molecule has 31 heavy (non-hydrogen) atoms. The molecule has 0 bridgehead atoms. The number of ether oxygens (including phenoxy) is 1. The second-order valence-electron chi connectivity index (χ2n) is 5.97. The van der Waals surface area contributed by atoms with E-state index in [4.69, 9.17) is 13.6 Å². The number of aromatic nitrogens is 2. The van der Waals surface area contributed by atoms with Gasteiger partial charge < -0.3 is 18.5 Å². The topological polar surface area (TPSA) is 98.7 Å². The van der Waals surface area contributed by atoms with Crippen molar-refractivity contribution in [3.05, 3.63) is 48.2 Å². The number of esters is 1. The molecule has 1 amide bonds. The van der Waals surface area contributed by atoms with Crippen LogP contribution in [-0.4, -0.2) is 41.0 Å². The van der Waals surface area contributed by atoms with Crippen molar-refractivity contribution in [1.82, 2.24) is 10.2 Å². The molecule has 0 N–H and O–H groups in total. The second kappa shape index (κ2) is 9.69. The maximum Gasteiger partial charge on any atom is 0.416 e. The standard InChI is InChI=1S/C19H16F3N3O5S/c1-2-28-16(27)10-25(13-6-3-5-12(9-13)19(20,21)22)15(26)11-31-18-24-23-17(30-18)14-7-4-8-29-14/h3-9H,2,10-11H2,1H3. The Labute approximate surface area is 178 Å². The summed E-state index contributed by atoms with van der Waals surface area (Å²) in [5.74, 6) is -1.21. The fourth-order valence-corrected chi connectivity index (χ4v) is 3.12. The van der Waals surface area contributed by atoms with Crippen LogP contribution in [0.3, 0.4) is 0 Å². The van der Waals surface area contributed by atoms with Gasteiger partial charge in [-0.25, -0.2) is 0 Å². The van der Waals surface area contributed by atoms with Crippen molar-refractivity contribution in [2.45, 2.75) is 18.3 Å². The molecule has 0 saturated heterocycles. The normalized spacial score (nSPS) is 11.4. The van der Waals surface area contributed by atoms with E-state index in [9.17, 15) is 22.8 Å². The highest BCUT2D eigenvalue weighted by molar-refractivity contribution is 7.99. The van der Waals surface area contributed by atoms with Gasteiger partial charge in [0.05, 0.1) is 24.2 Å². The Kier molecular flexibility index (Phi) is 7.00. The van der Waals surface area contributed by atoms with E-state index in [0.29, 0.717) is 5.76 Å². The predicted octanol–water partition coefficient (Wildman–Crippen LogP) is 4.04. The van der Waals surface area contributed by atoms with Crippen LogP contribution >= 0.6 is 11.8 Å². The summed E-state index contributed by atoms with van der Waals surface area (Å²) >= 11 is 0.872. The molecule has 12 heteroatoms. The summed E-state index contributed by atoms with van der Waals surface area (Å²) in [6, 6.07) is 7.38. The van der Waals surface area contributed by atoms with Gasteiger partial charge in [-0.1, -0.05) is 17.8 Å². The number of nitrogens with zero attached hydrogens (tertiary/aromatic N) is 3. The van der Waals surface area contributed by atoms with Gasteiger partial charge in [-0.05, 0) is 37.3 Å². The number of amides is 1. The Balaban J connectivity index is 1.76. The van der Waals surface area contributed by atoms with Gasteiger partial charge in [0.1, 0.15) is 6.54 Å². The molecule has 2 aromatic heterocycles. The number of rotatable bonds is 8. The van der Waals surface area contributed by atoms with E-state index in [0.717, 1.165) is 34.9 Å². The number of hydrogen-bond donors (Lipinski definition) is 0. The monoisotopic (exact) mass is 455 g/mol. The first-order chi connectivity index (χ1) is 14.8. The fourth-order valence-electron chi connectivity index (χ4n) is 2.48. The van der Waals surface area contributed by atoms with Crippen LogP contribution in [0, 0.1) is 0 Å². The van der Waals surface area contributed by atoms with Crippen molar-refractivity contribution >= 4 is 29.3 Å². The average molecular weight is 455 g/mol. The van der Waals surface area contributed by atoms with Crippen molar-refractivity contribution in [2.75, 3.05) is 23.8 Å². The molecule has 0 aliphatic carbocycles. The first-order valence-electron chi connectivity index (χ1n) is 8.91. The maximum absolute atomic E-state index is 13.1. The van der Waals surface area contributed by atoms with Gasteiger partial charge >= 0.3 is 12.1 Å². The molecule has 0 fully saturated rings. The van der Waals surface area contributed by atoms with Gasteiger partial charge in [0, 0.05) is 5.69 Å². The van der Waals surface area contributed by atoms with E-state index >= 15 is 0 Å². The summed E-state index contributed by atoms with van der Waals surface area (Å²) < 4.78 is 54.6. The van der Waals surface area contributed by atoms with E-state index in [2.05, 4.69) is 10.2 Å². The molecule has 8 nitrogen and oxygen atoms in total. The lowest BCUT2D eigenvalue weighted by molar-refractivity contribution is -0.142. The lowest BCUT2D eigenvalue weighted by Gasteiger charge is -2.22. The fraction of sp³-hybridized carbons (Fsp3) is 0.263. The van der Waals surface area contributed by atoms with Gasteiger partial charge in [-0.15, -0.1) is 10.2 Å². The minimum atomic E-state index is -4.60. The van der Waals surface area contributed by atoms with Crippen LogP contribution in [-0.2, 0) is 20.5 Å². The number of hydrogen-bond acceptors (Lipinski definition) is 8. The van der Waals surface area contributed by atoms with E-state index < -0.39 is 30.2 Å². The van der Waals surface area contributed by atoms with Crippen LogP contribution in [0.5, 0.6) is 0 Å². The average Bonchev–Trinajstić information content (AvgIpc) is 3.41. The maximum atomic E-state index is 13.1. The highest BCUT2D eigenvalue weighted by atomic mass is 32.2. The SMILES string of the molecule is CCOC(=O)CN(C(=O)CSc1nnc(-c2ccco2)o1)c1cccc(C(F)(F)F)c1. The molecule has 3 aromatic rings. The first-order valence-corrected chi connectivity index (χ1v) is 9.90. The molecule has 0 spiro atoms. The van der Waals surface area contributed by atoms with Gasteiger partial charge in [0.2, 0.25) is 5.91 Å². The van der Waals surface area contributed by atoms with Crippen molar-refractivity contribution in [3.63, 3.8) is 0 Å². The highest BCUT2D eigenvalue weighted by Gasteiger charge is 2.31. The molecule has 0 radical (unpaired) electrons. The Morgan fingerprint density at radius 2 is 2.00 bits per heavy atom. The Morgan fingerprint density at radius 1 is 1.19 bits per heavy atom. The van der Waals surface area contributed by atoms with Gasteiger partial charge in [0.25, 0.3) is 11.1 Å². The van der Waals surface area contributed by atoms with Gasteiger partial charge in [-0.2, -0.15) is 13.2 Å². The summed E-state index contributed by atoms with van der Waals surface area (Å²) in [5.41, 5.74) is -1.03. The van der Waals surface area contributed by atoms with Crippen LogP contribution < -0.4 is 4.90 Å². The van der Waals surface area contributed by atoms with Crippen molar-refractivity contribution in [1.29, 1.82) is 0 Å². The number of carbonyl (C=O) groups is 2. The zero-order chi connectivity index (χ0) is 22.4. The van der Waals surface area contributed by atoms with Crippen LogP contribution in [0.25, 0.3) is 11.7 Å². The van der Waals surface area contributed by atoms with E-state index in [-0.39, 0.29) is 29.2 Å². The summed E-state index contributed by atoms with van der Waals surface area (Å²) in [6.45, 7) is 1.10. The lowest BCUT2D eigenvalue weighted by Crippen LogP contribution is -2.38. The number of thioether (sulfide) groups is 1. The molecule has 0 atom stereocenters. The highest BCUT2D eigenvalue weighted by Crippen LogP contribution is 2.32. The van der Waals surface area contributed by atoms with E-state index in [1.807, 2.05) is 0 Å². The van der Waals surface area contributed by atoms with Crippen molar-refractivity contribution in [2.24, 2.45) is 0 Å². The lowest BCUT2D eigenvalue weighted by atomic mass is 10.2. The van der Waals surface area contributed by atoms with Gasteiger partial charge in [0.15, 0.2) is 5.76 Å². The first kappa shape index (κ1) is 22.4. The number of furan rings is 1. The largest absolute Gasteiger partial charge is 0.465 e. The summed E-state index contributed by atoms with van der Waals surface area (Å²) in [6.07, 6.45) is -3.17. The molecule has 2 heterocycles. The molecule has 3 rings (SSSR count). The summed E-state index contributed by atoms with van der Waals surface area (Å²) in [4.78, 5) is 25.6. The Bertz CT molecular complexity index is 1040. The van der Waals surface area contributed by atoms with Gasteiger partial charge in [-0.3, -0.25) is 9.59 Å². The molecular formula is C19H16F3N3O5S. The zero-order valence-corrected chi connectivity index (χ0v) is 16.9. The molecule has 1 aromatic carbocycles. The third kappa shape index (κ3) is 5.87. The number of alkyl halides is 3. The minimum Gasteiger partial charge on any atom is -0.465 e. The third-order valence-corrected chi connectivity index (χ3v) is 4.64. The van der Waals surface area contributed by atoms with E-state index in [1.165, 1.54) is 12.3 Å². The molecular weight excluding hydrogens is 439 g/mol. The third-order valence-electron chi connectivity index (χ3n) is 3.84. The molecule has 0 saturated carbocycles. The summed E-state index contributed by atoms with van der Waals surface area (Å²) in [7, 11) is 0. The minimum absolute atomic E-state index is 0.0554. The quantitative estimate of drug-likeness (QED) is 0.371. The number of halogens is 3. The number of anilines is 1. The molecule has 0 aliphatic heterocycles. The molecule has 164 valence electrons. The summed E-state index contributed by atoms with van der Waals surface area (Å²) in [5, 5.41) is 7.64. The number of carbonyl (C=O) groups excluding carboxylic acids is 2. The van der Waals surface area contributed by atoms with Crippen LogP contribution in [0.4, 0.5) is 18.9 Å². The Morgan fingerprint density at radius 3 is 2.68 bits per heavy atom. The van der Waals surface area contributed by atoms with Crippen LogP contribution in [0.1, 0.15) is 12.5 Å². The van der Waals surface area contributed by atoms with Crippen molar-refractivity contribution in [3.8, 4) is 11.7 Å². The number of benzene rings is 1. The Hall–Kier alpha value is -3.28. The molecule has 0 unspecified atom stereocenters.